The summed E-state index contributed by atoms with van der Waals surface area (Å²) >= 11 is 0. The van der Waals surface area contributed by atoms with E-state index in [4.69, 9.17) is 0 Å². The molecule has 0 saturated carbocycles. The van der Waals surface area contributed by atoms with Gasteiger partial charge in [-0.2, -0.15) is 0 Å². The van der Waals surface area contributed by atoms with Crippen molar-refractivity contribution in [2.75, 3.05) is 10.2 Å². The summed E-state index contributed by atoms with van der Waals surface area (Å²) in [5, 5.41) is 6.81. The molecule has 0 saturated heterocycles. The molecule has 0 unspecified atom stereocenters. The second kappa shape index (κ2) is 15.0. The lowest BCUT2D eigenvalue weighted by atomic mass is 9.56. The van der Waals surface area contributed by atoms with Crippen LogP contribution in [0.15, 0.2) is 109 Å². The summed E-state index contributed by atoms with van der Waals surface area (Å²) in [7, 11) is 0.841. The molecular formula is C68H77BN2. The number of hydrogen-bond donors (Lipinski definition) is 1. The van der Waals surface area contributed by atoms with Crippen LogP contribution in [0.2, 0.25) is 0 Å². The number of nitrogens with one attached hydrogen (secondary N) is 1. The van der Waals surface area contributed by atoms with E-state index in [-0.39, 0.29) is 37.9 Å². The third-order valence-electron chi connectivity index (χ3n) is 19.6. The minimum atomic E-state index is -0.125. The van der Waals surface area contributed by atoms with Crippen molar-refractivity contribution < 1.29 is 0 Å². The van der Waals surface area contributed by atoms with Gasteiger partial charge in [0.25, 0.3) is 0 Å². The summed E-state index contributed by atoms with van der Waals surface area (Å²) in [4.78, 5) is 2.75. The van der Waals surface area contributed by atoms with Gasteiger partial charge in [0, 0.05) is 44.8 Å². The zero-order valence-electron chi connectivity index (χ0n) is 45.8. The van der Waals surface area contributed by atoms with Crippen LogP contribution in [0.1, 0.15) is 186 Å². The molecule has 7 aromatic carbocycles. The molecule has 1 N–H and O–H groups in total. The first-order valence-corrected chi connectivity index (χ1v) is 27.2. The molecule has 1 heterocycles. The Balaban J connectivity index is 1.16. The van der Waals surface area contributed by atoms with E-state index in [2.05, 4.69) is 223 Å². The van der Waals surface area contributed by atoms with Crippen LogP contribution in [0.3, 0.4) is 0 Å². The Morgan fingerprint density at radius 2 is 0.958 bits per heavy atom. The summed E-state index contributed by atoms with van der Waals surface area (Å²) in [5.74, 6) is 0. The Bertz CT molecular complexity index is 3420. The van der Waals surface area contributed by atoms with Gasteiger partial charge in [-0.3, -0.25) is 0 Å². The van der Waals surface area contributed by atoms with Gasteiger partial charge in [0.2, 0.25) is 0 Å². The lowest BCUT2D eigenvalue weighted by Gasteiger charge is -2.44. The third-order valence-corrected chi connectivity index (χ3v) is 19.6. The molecular weight excluding hydrogens is 856 g/mol. The van der Waals surface area contributed by atoms with Crippen LogP contribution in [0.5, 0.6) is 0 Å². The van der Waals surface area contributed by atoms with Crippen LogP contribution in [-0.4, -0.2) is 7.28 Å². The van der Waals surface area contributed by atoms with Crippen molar-refractivity contribution in [2.24, 2.45) is 0 Å². The van der Waals surface area contributed by atoms with E-state index in [0.717, 1.165) is 7.28 Å². The van der Waals surface area contributed by atoms with Crippen molar-refractivity contribution in [3.8, 4) is 22.3 Å². The Kier molecular flexibility index (Phi) is 9.85. The first kappa shape index (κ1) is 46.5. The van der Waals surface area contributed by atoms with E-state index < -0.39 is 0 Å². The summed E-state index contributed by atoms with van der Waals surface area (Å²) in [5.41, 5.74) is 28.1. The quantitative estimate of drug-likeness (QED) is 0.177. The molecule has 12 rings (SSSR count). The molecule has 0 bridgehead atoms. The van der Waals surface area contributed by atoms with Crippen molar-refractivity contribution in [2.45, 2.75) is 180 Å². The van der Waals surface area contributed by atoms with Crippen molar-refractivity contribution in [3.05, 3.63) is 159 Å². The zero-order valence-corrected chi connectivity index (χ0v) is 45.8. The molecule has 0 atom stereocenters. The minimum absolute atomic E-state index is 0.0384. The SMILES string of the molecule is Cc1cc2c(cc1N1c3cc4c(cc3Bc3c(-c5cc6c(cc5Nc5ccc7c(c5)C(C)(C)CCC7(C)C)C(C)(C)CCC6(C)C)cc5ccccc5c31)-c1ccccc1C4(C)C)C(C)(C)CCC2(C)C. The molecule has 5 aliphatic rings. The first-order chi connectivity index (χ1) is 33.3. The summed E-state index contributed by atoms with van der Waals surface area (Å²) in [6.07, 6.45) is 7.11. The van der Waals surface area contributed by atoms with E-state index in [1.54, 1.807) is 0 Å². The van der Waals surface area contributed by atoms with Gasteiger partial charge in [0.15, 0.2) is 7.28 Å². The van der Waals surface area contributed by atoms with E-state index in [1.165, 1.54) is 161 Å². The van der Waals surface area contributed by atoms with E-state index >= 15 is 0 Å². The lowest BCUT2D eigenvalue weighted by molar-refractivity contribution is 0.332. The van der Waals surface area contributed by atoms with Crippen LogP contribution in [0, 0.1) is 6.92 Å². The van der Waals surface area contributed by atoms with Crippen LogP contribution in [0.25, 0.3) is 33.0 Å². The monoisotopic (exact) mass is 933 g/mol. The molecule has 4 aliphatic carbocycles. The fraction of sp³-hybridized carbons (Fsp3) is 0.412. The van der Waals surface area contributed by atoms with Gasteiger partial charge >= 0.3 is 0 Å². The van der Waals surface area contributed by atoms with Gasteiger partial charge < -0.3 is 10.2 Å². The Hall–Kier alpha value is -5.54. The van der Waals surface area contributed by atoms with E-state index in [1.807, 2.05) is 0 Å². The number of hydrogen-bond acceptors (Lipinski definition) is 2. The highest BCUT2D eigenvalue weighted by Gasteiger charge is 2.44. The molecule has 0 spiro atoms. The normalized spacial score (nSPS) is 20.6. The van der Waals surface area contributed by atoms with Crippen molar-refractivity contribution in [1.29, 1.82) is 0 Å². The standard InChI is InChI=1S/C68H77BN2/c1-40-32-51-55(67(12,13)31-28-63(51,4)5)39-58(40)71-59-38-50-45(44-22-18-19-23-48(44)68(50,14)15)36-56(59)69-60-47(33-41-20-16-17-21-43(41)61(60)71)46-35-53-54(66(10,11)30-29-65(53,8)9)37-57(46)70-42-24-25-49-52(34-42)64(6,7)27-26-62(49,2)3/h16-25,32-39,69-70H,26-31H2,1-15H3. The fourth-order valence-electron chi connectivity index (χ4n) is 14.5. The predicted octanol–water partition coefficient (Wildman–Crippen LogP) is 17.1. The van der Waals surface area contributed by atoms with Crippen LogP contribution < -0.4 is 21.1 Å². The number of nitrogens with zero attached hydrogens (tertiary/aromatic N) is 1. The van der Waals surface area contributed by atoms with Gasteiger partial charge in [-0.05, 0) is 198 Å². The van der Waals surface area contributed by atoms with Gasteiger partial charge in [0.1, 0.15) is 0 Å². The third kappa shape index (κ3) is 6.93. The van der Waals surface area contributed by atoms with Crippen molar-refractivity contribution in [3.63, 3.8) is 0 Å². The molecule has 0 fully saturated rings. The topological polar surface area (TPSA) is 15.3 Å². The van der Waals surface area contributed by atoms with Gasteiger partial charge in [-0.1, -0.05) is 169 Å². The summed E-state index contributed by atoms with van der Waals surface area (Å²) in [6.45, 7) is 36.8. The molecule has 1 aliphatic heterocycles. The summed E-state index contributed by atoms with van der Waals surface area (Å²) < 4.78 is 0. The minimum Gasteiger partial charge on any atom is -0.355 e. The maximum Gasteiger partial charge on any atom is 0.198 e. The van der Waals surface area contributed by atoms with Gasteiger partial charge in [-0.25, -0.2) is 0 Å². The molecule has 7 aromatic rings. The van der Waals surface area contributed by atoms with Crippen molar-refractivity contribution >= 4 is 57.4 Å². The smallest absolute Gasteiger partial charge is 0.198 e. The molecule has 3 heteroatoms. The van der Waals surface area contributed by atoms with E-state index in [9.17, 15) is 0 Å². The molecule has 0 aromatic heterocycles. The highest BCUT2D eigenvalue weighted by atomic mass is 15.2. The Labute approximate surface area is 427 Å². The maximum atomic E-state index is 4.22. The average molecular weight is 933 g/mol. The second-order valence-electron chi connectivity index (χ2n) is 27.5. The number of rotatable bonds is 4. The van der Waals surface area contributed by atoms with Crippen LogP contribution >= 0.6 is 0 Å². The van der Waals surface area contributed by atoms with Gasteiger partial charge in [0.05, 0.1) is 0 Å². The highest BCUT2D eigenvalue weighted by molar-refractivity contribution is 6.74. The van der Waals surface area contributed by atoms with Crippen molar-refractivity contribution in [1.82, 2.24) is 0 Å². The molecule has 362 valence electrons. The Morgan fingerprint density at radius 3 is 1.62 bits per heavy atom. The fourth-order valence-corrected chi connectivity index (χ4v) is 14.5. The highest BCUT2D eigenvalue weighted by Crippen LogP contribution is 2.56. The maximum absolute atomic E-state index is 4.22. The van der Waals surface area contributed by atoms with Crippen LogP contribution in [-0.2, 0) is 37.9 Å². The molecule has 2 nitrogen and oxygen atoms in total. The molecule has 0 radical (unpaired) electrons. The average Bonchev–Trinajstić information content (AvgIpc) is 3.54. The number of fused-ring (bicyclic) bond motifs is 10. The van der Waals surface area contributed by atoms with Gasteiger partial charge in [-0.15, -0.1) is 0 Å². The second-order valence-corrected chi connectivity index (χ2v) is 27.5. The zero-order chi connectivity index (χ0) is 50.2. The number of benzene rings is 7. The molecule has 0 amide bonds. The van der Waals surface area contributed by atoms with E-state index in [0.29, 0.717) is 0 Å². The largest absolute Gasteiger partial charge is 0.355 e. The predicted molar refractivity (Wildman–Crippen MR) is 308 cm³/mol. The summed E-state index contributed by atoms with van der Waals surface area (Å²) in [6, 6.07) is 44.0. The lowest BCUT2D eigenvalue weighted by Crippen LogP contribution is -2.42. The first-order valence-electron chi connectivity index (χ1n) is 27.2. The number of anilines is 5. The number of aryl methyl sites for hydroxylation is 1. The molecule has 71 heavy (non-hydrogen) atoms. The van der Waals surface area contributed by atoms with Crippen LogP contribution in [0.4, 0.5) is 28.4 Å². The Morgan fingerprint density at radius 1 is 0.423 bits per heavy atom.